The Balaban J connectivity index is 2.06. The van der Waals surface area contributed by atoms with Gasteiger partial charge in [0.2, 0.25) is 0 Å². The van der Waals surface area contributed by atoms with Crippen LogP contribution in [0.25, 0.3) is 0 Å². The Labute approximate surface area is 180 Å². The summed E-state index contributed by atoms with van der Waals surface area (Å²) in [7, 11) is 0. The zero-order chi connectivity index (χ0) is 20.6. The van der Waals surface area contributed by atoms with Crippen molar-refractivity contribution in [3.05, 3.63) is 91.0 Å². The van der Waals surface area contributed by atoms with Gasteiger partial charge in [-0.15, -0.1) is 0 Å². The molecule has 0 bridgehead atoms. The molecule has 0 saturated carbocycles. The minimum absolute atomic E-state index is 0.0734. The Kier molecular flexibility index (Phi) is 7.23. The summed E-state index contributed by atoms with van der Waals surface area (Å²) < 4.78 is 5.19. The first-order chi connectivity index (χ1) is 14.1. The fraction of sp³-hybridized carbons (Fsp3) is 0.208. The van der Waals surface area contributed by atoms with Crippen LogP contribution in [0.1, 0.15) is 12.8 Å². The molecule has 3 rings (SSSR count). The van der Waals surface area contributed by atoms with E-state index < -0.39 is 5.31 Å². The number of benzene rings is 3. The molecule has 0 aromatic heterocycles. The van der Waals surface area contributed by atoms with Crippen molar-refractivity contribution in [2.75, 3.05) is 19.3 Å². The van der Waals surface area contributed by atoms with Gasteiger partial charge in [-0.2, -0.15) is 0 Å². The van der Waals surface area contributed by atoms with E-state index in [-0.39, 0.29) is 12.5 Å². The number of carbonyl (C=O) groups is 1. The number of hydrogen-bond donors (Lipinski definition) is 1. The summed E-state index contributed by atoms with van der Waals surface area (Å²) in [5, 5.41) is 1.03. The zero-order valence-electron chi connectivity index (χ0n) is 16.4. The Morgan fingerprint density at radius 2 is 1.17 bits per heavy atom. The van der Waals surface area contributed by atoms with Gasteiger partial charge in [-0.25, -0.2) is 0 Å². The third kappa shape index (κ3) is 4.45. The predicted molar refractivity (Wildman–Crippen MR) is 128 cm³/mol. The van der Waals surface area contributed by atoms with Crippen LogP contribution < -0.4 is 21.6 Å². The quantitative estimate of drug-likeness (QED) is 0.290. The van der Waals surface area contributed by atoms with Crippen molar-refractivity contribution in [3.8, 4) is 0 Å². The van der Waals surface area contributed by atoms with Crippen LogP contribution in [-0.4, -0.2) is 25.3 Å². The summed E-state index contributed by atoms with van der Waals surface area (Å²) in [6.45, 7) is 0.323. The monoisotopic (exact) mass is 471 g/mol. The standard InChI is InChI=1S/C24H27BrNO2P/c25-29(21-12-4-1-5-13-21,22-14-6-2-7-15-22,23-16-8-3-9-17-23)19-11-10-18-28-24(27)20-26/h1-9,12-17H,10-11,18-20,26H2. The van der Waals surface area contributed by atoms with E-state index in [4.69, 9.17) is 10.5 Å². The van der Waals surface area contributed by atoms with Gasteiger partial charge in [-0.05, 0) is 0 Å². The maximum atomic E-state index is 11.4. The molecule has 0 aliphatic rings. The summed E-state index contributed by atoms with van der Waals surface area (Å²) in [6, 6.07) is 32.1. The minimum atomic E-state index is -2.87. The molecule has 3 aromatic carbocycles. The fourth-order valence-corrected chi connectivity index (χ4v) is 11.6. The molecular formula is C24H27BrNO2P. The number of esters is 1. The second-order valence-corrected chi connectivity index (χ2v) is 16.1. The average molecular weight is 472 g/mol. The molecule has 0 fully saturated rings. The zero-order valence-corrected chi connectivity index (χ0v) is 18.9. The Hall–Kier alpha value is -2.00. The van der Waals surface area contributed by atoms with Crippen LogP contribution >= 0.6 is 20.8 Å². The molecule has 0 aliphatic carbocycles. The van der Waals surface area contributed by atoms with Gasteiger partial charge in [0, 0.05) is 0 Å². The van der Waals surface area contributed by atoms with Gasteiger partial charge in [0.1, 0.15) is 0 Å². The molecule has 5 heteroatoms. The van der Waals surface area contributed by atoms with Gasteiger partial charge in [-0.1, -0.05) is 0 Å². The van der Waals surface area contributed by atoms with Crippen molar-refractivity contribution >= 4 is 42.7 Å². The summed E-state index contributed by atoms with van der Waals surface area (Å²) >= 11 is 4.42. The molecule has 0 amide bonds. The fourth-order valence-electron chi connectivity index (χ4n) is 3.81. The molecule has 0 heterocycles. The van der Waals surface area contributed by atoms with Crippen LogP contribution in [0.3, 0.4) is 0 Å². The molecule has 0 aliphatic heterocycles. The molecule has 29 heavy (non-hydrogen) atoms. The second-order valence-electron chi connectivity index (χ2n) is 7.04. The third-order valence-electron chi connectivity index (χ3n) is 5.29. The van der Waals surface area contributed by atoms with Gasteiger partial charge in [0.25, 0.3) is 0 Å². The van der Waals surface area contributed by atoms with E-state index in [1.165, 1.54) is 15.9 Å². The summed E-state index contributed by atoms with van der Waals surface area (Å²) in [6.07, 6.45) is 2.64. The maximum absolute atomic E-state index is 11.4. The van der Waals surface area contributed by atoms with Crippen LogP contribution in [0.2, 0.25) is 0 Å². The molecule has 0 unspecified atom stereocenters. The Bertz CT molecular complexity index is 820. The van der Waals surface area contributed by atoms with Crippen molar-refractivity contribution in [3.63, 3.8) is 0 Å². The third-order valence-corrected chi connectivity index (χ3v) is 15.3. The van der Waals surface area contributed by atoms with Crippen LogP contribution in [0, 0.1) is 0 Å². The number of rotatable bonds is 9. The van der Waals surface area contributed by atoms with Crippen molar-refractivity contribution in [1.29, 1.82) is 0 Å². The van der Waals surface area contributed by atoms with Crippen LogP contribution in [0.15, 0.2) is 91.0 Å². The van der Waals surface area contributed by atoms with Crippen LogP contribution in [0.5, 0.6) is 0 Å². The molecule has 0 radical (unpaired) electrons. The number of nitrogens with two attached hydrogens (primary N) is 1. The Morgan fingerprint density at radius 1 is 0.759 bits per heavy atom. The number of hydrogen-bond acceptors (Lipinski definition) is 3. The summed E-state index contributed by atoms with van der Waals surface area (Å²) in [4.78, 5) is 11.4. The molecule has 0 atom stereocenters. The SMILES string of the molecule is NCC(=O)OCCCCP(Br)(c1ccccc1)(c1ccccc1)c1ccccc1. The molecule has 2 N–H and O–H groups in total. The van der Waals surface area contributed by atoms with Crippen LogP contribution in [-0.2, 0) is 9.53 Å². The number of ether oxygens (including phenoxy) is 1. The molecule has 0 spiro atoms. The van der Waals surface area contributed by atoms with E-state index in [2.05, 4.69) is 106 Å². The molecule has 152 valence electrons. The first-order valence-corrected chi connectivity index (χ1v) is 14.3. The van der Waals surface area contributed by atoms with Gasteiger partial charge >= 0.3 is 181 Å². The Morgan fingerprint density at radius 3 is 1.55 bits per heavy atom. The van der Waals surface area contributed by atoms with E-state index in [0.717, 1.165) is 19.0 Å². The second kappa shape index (κ2) is 9.67. The molecule has 3 aromatic rings. The van der Waals surface area contributed by atoms with E-state index in [1.807, 2.05) is 0 Å². The number of unbranched alkanes of at least 4 members (excludes halogenated alkanes) is 1. The molecule has 3 nitrogen and oxygen atoms in total. The first-order valence-electron chi connectivity index (χ1n) is 9.85. The van der Waals surface area contributed by atoms with Crippen molar-refractivity contribution in [2.24, 2.45) is 5.73 Å². The molecule has 0 saturated heterocycles. The molecular weight excluding hydrogens is 445 g/mol. The topological polar surface area (TPSA) is 52.3 Å². The summed E-state index contributed by atoms with van der Waals surface area (Å²) in [5.74, 6) is -0.351. The number of halogens is 1. The van der Waals surface area contributed by atoms with Crippen molar-refractivity contribution < 1.29 is 9.53 Å². The van der Waals surface area contributed by atoms with E-state index in [1.54, 1.807) is 0 Å². The van der Waals surface area contributed by atoms with Gasteiger partial charge in [0.15, 0.2) is 0 Å². The van der Waals surface area contributed by atoms with E-state index in [0.29, 0.717) is 6.61 Å². The van der Waals surface area contributed by atoms with Crippen molar-refractivity contribution in [2.45, 2.75) is 12.8 Å². The van der Waals surface area contributed by atoms with E-state index in [9.17, 15) is 4.79 Å². The van der Waals surface area contributed by atoms with E-state index >= 15 is 0 Å². The number of carbonyl (C=O) groups excluding carboxylic acids is 1. The first kappa shape index (κ1) is 21.7. The van der Waals surface area contributed by atoms with Gasteiger partial charge in [0.05, 0.1) is 0 Å². The summed E-state index contributed by atoms with van der Waals surface area (Å²) in [5.41, 5.74) is 5.33. The average Bonchev–Trinajstić information content (AvgIpc) is 2.80. The van der Waals surface area contributed by atoms with Crippen LogP contribution in [0.4, 0.5) is 0 Å². The normalized spacial score (nSPS) is 12.7. The van der Waals surface area contributed by atoms with Gasteiger partial charge in [-0.3, -0.25) is 0 Å². The van der Waals surface area contributed by atoms with Crippen molar-refractivity contribution in [1.82, 2.24) is 0 Å². The predicted octanol–water partition coefficient (Wildman–Crippen LogP) is 4.11. The van der Waals surface area contributed by atoms with Gasteiger partial charge < -0.3 is 0 Å².